The second kappa shape index (κ2) is 10.5. The molecule has 1 aliphatic rings. The van der Waals surface area contributed by atoms with Gasteiger partial charge in [0, 0.05) is 19.5 Å². The zero-order valence-electron chi connectivity index (χ0n) is 13.6. The molecule has 0 bridgehead atoms. The van der Waals surface area contributed by atoms with Gasteiger partial charge in [-0.25, -0.2) is 4.39 Å². The van der Waals surface area contributed by atoms with E-state index >= 15 is 0 Å². The molecule has 1 fully saturated rings. The third-order valence-corrected chi connectivity index (χ3v) is 4.06. The highest BCUT2D eigenvalue weighted by Gasteiger charge is 2.14. The maximum Gasteiger partial charge on any atom is 0.154 e. The van der Waals surface area contributed by atoms with Crippen molar-refractivity contribution in [3.05, 3.63) is 0 Å². The van der Waals surface area contributed by atoms with Gasteiger partial charge in [0.1, 0.15) is 0 Å². The SMILES string of the molecule is CN1CCCNCCCN(C)CCC(F)N(C)CCC1. The summed E-state index contributed by atoms with van der Waals surface area (Å²) in [5, 5.41) is 3.49. The third-order valence-electron chi connectivity index (χ3n) is 4.06. The molecule has 0 aromatic rings. The molecule has 1 heterocycles. The number of nitrogens with zero attached hydrogens (tertiary/aromatic N) is 3. The Hall–Kier alpha value is -0.230. The van der Waals surface area contributed by atoms with Gasteiger partial charge in [-0.2, -0.15) is 0 Å². The maximum atomic E-state index is 14.0. The lowest BCUT2D eigenvalue weighted by Crippen LogP contribution is -2.35. The summed E-state index contributed by atoms with van der Waals surface area (Å²) in [6.45, 7) is 7.06. The first kappa shape index (κ1) is 17.8. The van der Waals surface area contributed by atoms with Crippen molar-refractivity contribution in [3.63, 3.8) is 0 Å². The topological polar surface area (TPSA) is 21.8 Å². The molecule has 0 spiro atoms. The van der Waals surface area contributed by atoms with E-state index in [0.717, 1.165) is 58.7 Å². The van der Waals surface area contributed by atoms with Gasteiger partial charge in [-0.3, -0.25) is 4.90 Å². The summed E-state index contributed by atoms with van der Waals surface area (Å²) in [6, 6.07) is 0. The van der Waals surface area contributed by atoms with Crippen LogP contribution in [0.2, 0.25) is 0 Å². The summed E-state index contributed by atoms with van der Waals surface area (Å²) in [6.07, 6.45) is 3.16. The van der Waals surface area contributed by atoms with Crippen molar-refractivity contribution in [2.45, 2.75) is 32.0 Å². The number of rotatable bonds is 0. The molecular weight excluding hydrogens is 255 g/mol. The molecule has 1 unspecified atom stereocenters. The van der Waals surface area contributed by atoms with Crippen molar-refractivity contribution < 1.29 is 4.39 Å². The predicted octanol–water partition coefficient (Wildman–Crippen LogP) is 1.24. The standard InChI is InChI=1S/C15H33FN4/c1-18-10-4-8-17-9-5-11-19(2)14-7-15(16)20(3)13-6-12-18/h15,17H,4-14H2,1-3H3. The fraction of sp³-hybridized carbons (Fsp3) is 1.00. The first-order valence-corrected chi connectivity index (χ1v) is 8.01. The second-order valence-electron chi connectivity index (χ2n) is 6.12. The van der Waals surface area contributed by atoms with E-state index in [1.165, 1.54) is 6.42 Å². The van der Waals surface area contributed by atoms with E-state index in [-0.39, 0.29) is 0 Å². The van der Waals surface area contributed by atoms with Crippen molar-refractivity contribution in [1.29, 1.82) is 0 Å². The lowest BCUT2D eigenvalue weighted by molar-refractivity contribution is 0.0863. The first-order valence-electron chi connectivity index (χ1n) is 8.01. The summed E-state index contributed by atoms with van der Waals surface area (Å²) < 4.78 is 14.0. The molecule has 5 heteroatoms. The van der Waals surface area contributed by atoms with Crippen LogP contribution >= 0.6 is 0 Å². The molecule has 20 heavy (non-hydrogen) atoms. The van der Waals surface area contributed by atoms with Crippen LogP contribution in [0, 0.1) is 0 Å². The minimum Gasteiger partial charge on any atom is -0.317 e. The minimum atomic E-state index is -0.811. The molecule has 0 radical (unpaired) electrons. The molecule has 1 rings (SSSR count). The smallest absolute Gasteiger partial charge is 0.154 e. The number of halogens is 1. The summed E-state index contributed by atoms with van der Waals surface area (Å²) in [5.74, 6) is 0. The minimum absolute atomic E-state index is 0.607. The van der Waals surface area contributed by atoms with Crippen LogP contribution in [0.25, 0.3) is 0 Å². The first-order chi connectivity index (χ1) is 9.59. The Bertz CT molecular complexity index is 240. The van der Waals surface area contributed by atoms with E-state index in [2.05, 4.69) is 29.2 Å². The van der Waals surface area contributed by atoms with Crippen molar-refractivity contribution in [2.75, 3.05) is 67.0 Å². The van der Waals surface area contributed by atoms with Crippen LogP contribution in [0.15, 0.2) is 0 Å². The van der Waals surface area contributed by atoms with Gasteiger partial charge < -0.3 is 15.1 Å². The largest absolute Gasteiger partial charge is 0.317 e. The molecule has 120 valence electrons. The molecule has 1 N–H and O–H groups in total. The van der Waals surface area contributed by atoms with Gasteiger partial charge >= 0.3 is 0 Å². The molecule has 4 nitrogen and oxygen atoms in total. The zero-order chi connectivity index (χ0) is 14.8. The Balaban J connectivity index is 2.36. The Morgan fingerprint density at radius 1 is 0.800 bits per heavy atom. The summed E-state index contributed by atoms with van der Waals surface area (Å²) in [5.41, 5.74) is 0. The quantitative estimate of drug-likeness (QED) is 0.677. The summed E-state index contributed by atoms with van der Waals surface area (Å²) >= 11 is 0. The van der Waals surface area contributed by atoms with E-state index in [1.54, 1.807) is 0 Å². The van der Waals surface area contributed by atoms with Crippen LogP contribution < -0.4 is 5.32 Å². The molecule has 0 aromatic heterocycles. The monoisotopic (exact) mass is 288 g/mol. The van der Waals surface area contributed by atoms with Gasteiger partial charge in [-0.05, 0) is 73.1 Å². The molecule has 1 aliphatic heterocycles. The van der Waals surface area contributed by atoms with E-state index in [1.807, 2.05) is 11.9 Å². The summed E-state index contributed by atoms with van der Waals surface area (Å²) in [4.78, 5) is 6.44. The predicted molar refractivity (Wildman–Crippen MR) is 83.9 cm³/mol. The average molecular weight is 288 g/mol. The van der Waals surface area contributed by atoms with Crippen molar-refractivity contribution in [2.24, 2.45) is 0 Å². The Morgan fingerprint density at radius 3 is 2.00 bits per heavy atom. The number of alkyl halides is 1. The van der Waals surface area contributed by atoms with E-state index in [0.29, 0.717) is 6.42 Å². The Kier molecular flexibility index (Phi) is 9.35. The summed E-state index contributed by atoms with van der Waals surface area (Å²) in [7, 11) is 6.15. The fourth-order valence-electron chi connectivity index (χ4n) is 2.57. The van der Waals surface area contributed by atoms with Crippen LogP contribution in [-0.4, -0.2) is 88.0 Å². The van der Waals surface area contributed by atoms with Crippen molar-refractivity contribution in [3.8, 4) is 0 Å². The lowest BCUT2D eigenvalue weighted by atomic mass is 10.2. The molecular formula is C15H33FN4. The Morgan fingerprint density at radius 2 is 1.35 bits per heavy atom. The van der Waals surface area contributed by atoms with E-state index in [9.17, 15) is 4.39 Å². The number of hydrogen-bond acceptors (Lipinski definition) is 4. The van der Waals surface area contributed by atoms with Crippen molar-refractivity contribution >= 4 is 0 Å². The van der Waals surface area contributed by atoms with Gasteiger partial charge in [-0.15, -0.1) is 0 Å². The third kappa shape index (κ3) is 8.15. The van der Waals surface area contributed by atoms with Crippen LogP contribution in [-0.2, 0) is 0 Å². The highest BCUT2D eigenvalue weighted by Crippen LogP contribution is 2.06. The number of hydrogen-bond donors (Lipinski definition) is 1. The molecule has 1 atom stereocenters. The molecule has 0 aliphatic carbocycles. The van der Waals surface area contributed by atoms with Crippen molar-refractivity contribution in [1.82, 2.24) is 20.0 Å². The van der Waals surface area contributed by atoms with Gasteiger partial charge in [-0.1, -0.05) is 0 Å². The molecule has 1 saturated heterocycles. The fourth-order valence-corrected chi connectivity index (χ4v) is 2.57. The van der Waals surface area contributed by atoms with Crippen LogP contribution in [0.1, 0.15) is 25.7 Å². The van der Waals surface area contributed by atoms with E-state index in [4.69, 9.17) is 0 Å². The highest BCUT2D eigenvalue weighted by atomic mass is 19.1. The van der Waals surface area contributed by atoms with Crippen LogP contribution in [0.5, 0.6) is 0 Å². The lowest BCUT2D eigenvalue weighted by Gasteiger charge is -2.25. The average Bonchev–Trinajstić information content (AvgIpc) is 2.42. The van der Waals surface area contributed by atoms with Crippen LogP contribution in [0.3, 0.4) is 0 Å². The van der Waals surface area contributed by atoms with Crippen LogP contribution in [0.4, 0.5) is 4.39 Å². The van der Waals surface area contributed by atoms with E-state index < -0.39 is 6.30 Å². The second-order valence-corrected chi connectivity index (χ2v) is 6.12. The number of nitrogens with one attached hydrogen (secondary N) is 1. The molecule has 0 amide bonds. The molecule has 0 aromatic carbocycles. The van der Waals surface area contributed by atoms with Gasteiger partial charge in [0.25, 0.3) is 0 Å². The highest BCUT2D eigenvalue weighted by molar-refractivity contribution is 4.64. The maximum absolute atomic E-state index is 14.0. The van der Waals surface area contributed by atoms with Gasteiger partial charge in [0.15, 0.2) is 6.30 Å². The zero-order valence-corrected chi connectivity index (χ0v) is 13.6. The van der Waals surface area contributed by atoms with Gasteiger partial charge in [0.05, 0.1) is 0 Å². The normalized spacial score (nSPS) is 28.5. The molecule has 0 saturated carbocycles. The van der Waals surface area contributed by atoms with Gasteiger partial charge in [0.2, 0.25) is 0 Å². The Labute approximate surface area is 124 Å².